The highest BCUT2D eigenvalue weighted by Gasteiger charge is 2.17. The molecular formula is C11H15N5. The van der Waals surface area contributed by atoms with Crippen LogP contribution in [-0.2, 0) is 0 Å². The Morgan fingerprint density at radius 3 is 2.38 bits per heavy atom. The number of aromatic nitrogens is 2. The molecule has 0 bridgehead atoms. The molecule has 1 fully saturated rings. The molecule has 2 heterocycles. The van der Waals surface area contributed by atoms with E-state index in [9.17, 15) is 0 Å². The second-order valence-electron chi connectivity index (χ2n) is 3.80. The molecule has 0 aromatic carbocycles. The summed E-state index contributed by atoms with van der Waals surface area (Å²) >= 11 is 0. The Balaban J connectivity index is 2.00. The summed E-state index contributed by atoms with van der Waals surface area (Å²) in [6, 6.07) is 2.02. The van der Waals surface area contributed by atoms with Crippen molar-refractivity contribution in [1.29, 1.82) is 5.26 Å². The van der Waals surface area contributed by atoms with Crippen LogP contribution in [0.25, 0.3) is 0 Å². The first-order valence-electron chi connectivity index (χ1n) is 5.53. The van der Waals surface area contributed by atoms with Crippen molar-refractivity contribution in [2.75, 3.05) is 37.6 Å². The van der Waals surface area contributed by atoms with Crippen LogP contribution in [0.5, 0.6) is 0 Å². The quantitative estimate of drug-likeness (QED) is 0.721. The molecule has 0 saturated carbocycles. The van der Waals surface area contributed by atoms with Gasteiger partial charge in [0, 0.05) is 26.2 Å². The third kappa shape index (κ3) is 2.28. The van der Waals surface area contributed by atoms with Gasteiger partial charge in [-0.05, 0) is 6.54 Å². The van der Waals surface area contributed by atoms with Crippen LogP contribution in [0.1, 0.15) is 12.5 Å². The summed E-state index contributed by atoms with van der Waals surface area (Å²) in [6.07, 6.45) is 3.16. The summed E-state index contributed by atoms with van der Waals surface area (Å²) < 4.78 is 0. The van der Waals surface area contributed by atoms with Crippen molar-refractivity contribution in [2.24, 2.45) is 0 Å². The fraction of sp³-hybridized carbons (Fsp3) is 0.545. The zero-order valence-corrected chi connectivity index (χ0v) is 9.43. The van der Waals surface area contributed by atoms with E-state index in [1.165, 1.54) is 0 Å². The molecule has 5 heteroatoms. The number of nitriles is 1. The van der Waals surface area contributed by atoms with Crippen LogP contribution in [0, 0.1) is 11.3 Å². The van der Waals surface area contributed by atoms with Crippen LogP contribution >= 0.6 is 0 Å². The highest BCUT2D eigenvalue weighted by molar-refractivity contribution is 5.33. The predicted octanol–water partition coefficient (Wildman–Crippen LogP) is 0.490. The van der Waals surface area contributed by atoms with Crippen molar-refractivity contribution in [2.45, 2.75) is 6.92 Å². The summed E-state index contributed by atoms with van der Waals surface area (Å²) in [7, 11) is 0. The number of nitrogens with zero attached hydrogens (tertiary/aromatic N) is 5. The van der Waals surface area contributed by atoms with Crippen molar-refractivity contribution < 1.29 is 0 Å². The summed E-state index contributed by atoms with van der Waals surface area (Å²) in [5.41, 5.74) is 0.510. The molecular weight excluding hydrogens is 202 g/mol. The van der Waals surface area contributed by atoms with E-state index in [0.29, 0.717) is 5.56 Å². The minimum absolute atomic E-state index is 0.510. The maximum atomic E-state index is 8.66. The highest BCUT2D eigenvalue weighted by Crippen LogP contribution is 2.10. The van der Waals surface area contributed by atoms with Gasteiger partial charge >= 0.3 is 0 Å². The first-order chi connectivity index (χ1) is 7.83. The zero-order chi connectivity index (χ0) is 11.4. The summed E-state index contributed by atoms with van der Waals surface area (Å²) in [6.45, 7) is 7.30. The Kier molecular flexibility index (Phi) is 3.32. The van der Waals surface area contributed by atoms with E-state index in [1.807, 2.05) is 6.07 Å². The van der Waals surface area contributed by atoms with Crippen molar-refractivity contribution in [3.63, 3.8) is 0 Å². The molecule has 0 spiro atoms. The fourth-order valence-corrected chi connectivity index (χ4v) is 1.81. The van der Waals surface area contributed by atoms with Crippen LogP contribution in [0.3, 0.4) is 0 Å². The van der Waals surface area contributed by atoms with Crippen LogP contribution < -0.4 is 4.90 Å². The van der Waals surface area contributed by atoms with E-state index < -0.39 is 0 Å². The van der Waals surface area contributed by atoms with Gasteiger partial charge in [-0.15, -0.1) is 0 Å². The summed E-state index contributed by atoms with van der Waals surface area (Å²) in [5.74, 6) is 0.731. The topological polar surface area (TPSA) is 56.0 Å². The number of anilines is 1. The number of hydrogen-bond donors (Lipinski definition) is 0. The molecule has 0 atom stereocenters. The molecule has 1 aromatic rings. The normalized spacial score (nSPS) is 17.1. The lowest BCUT2D eigenvalue weighted by molar-refractivity contribution is 0.270. The highest BCUT2D eigenvalue weighted by atomic mass is 15.3. The number of rotatable bonds is 2. The Morgan fingerprint density at radius 2 is 1.88 bits per heavy atom. The average molecular weight is 217 g/mol. The molecule has 0 aliphatic carbocycles. The van der Waals surface area contributed by atoms with Crippen molar-refractivity contribution >= 4 is 5.95 Å². The molecule has 0 amide bonds. The van der Waals surface area contributed by atoms with E-state index in [1.54, 1.807) is 12.4 Å². The van der Waals surface area contributed by atoms with Gasteiger partial charge in [0.2, 0.25) is 5.95 Å². The average Bonchev–Trinajstić information content (AvgIpc) is 2.39. The zero-order valence-electron chi connectivity index (χ0n) is 9.43. The summed E-state index contributed by atoms with van der Waals surface area (Å²) in [4.78, 5) is 13.0. The smallest absolute Gasteiger partial charge is 0.225 e. The van der Waals surface area contributed by atoms with Gasteiger partial charge in [-0.3, -0.25) is 0 Å². The van der Waals surface area contributed by atoms with E-state index in [-0.39, 0.29) is 0 Å². The third-order valence-corrected chi connectivity index (χ3v) is 2.87. The molecule has 5 nitrogen and oxygen atoms in total. The summed E-state index contributed by atoms with van der Waals surface area (Å²) in [5, 5.41) is 8.66. The molecule has 0 radical (unpaired) electrons. The molecule has 84 valence electrons. The van der Waals surface area contributed by atoms with Gasteiger partial charge in [0.25, 0.3) is 0 Å². The van der Waals surface area contributed by atoms with Gasteiger partial charge in [0.15, 0.2) is 0 Å². The van der Waals surface area contributed by atoms with Crippen LogP contribution in [0.2, 0.25) is 0 Å². The maximum absolute atomic E-state index is 8.66. The fourth-order valence-electron chi connectivity index (χ4n) is 1.81. The van der Waals surface area contributed by atoms with Gasteiger partial charge in [0.1, 0.15) is 6.07 Å². The number of likely N-dealkylation sites (N-methyl/N-ethyl adjacent to an activating group) is 1. The largest absolute Gasteiger partial charge is 0.338 e. The van der Waals surface area contributed by atoms with E-state index in [4.69, 9.17) is 5.26 Å². The Bertz CT molecular complexity index is 372. The minimum Gasteiger partial charge on any atom is -0.338 e. The number of hydrogen-bond acceptors (Lipinski definition) is 5. The molecule has 1 aliphatic heterocycles. The molecule has 0 N–H and O–H groups in total. The van der Waals surface area contributed by atoms with E-state index in [2.05, 4.69) is 26.7 Å². The molecule has 2 rings (SSSR count). The van der Waals surface area contributed by atoms with Gasteiger partial charge in [-0.1, -0.05) is 6.92 Å². The minimum atomic E-state index is 0.510. The van der Waals surface area contributed by atoms with Crippen LogP contribution in [0.15, 0.2) is 12.4 Å². The standard InChI is InChI=1S/C11H15N5/c1-2-15-3-5-16(6-4-15)11-13-8-10(7-12)9-14-11/h8-9H,2-6H2,1H3. The second kappa shape index (κ2) is 4.90. The molecule has 1 aromatic heterocycles. The Morgan fingerprint density at radius 1 is 1.25 bits per heavy atom. The Hall–Kier alpha value is -1.67. The maximum Gasteiger partial charge on any atom is 0.225 e. The lowest BCUT2D eigenvalue weighted by atomic mass is 10.3. The first-order valence-corrected chi connectivity index (χ1v) is 5.53. The van der Waals surface area contributed by atoms with Gasteiger partial charge in [-0.25, -0.2) is 9.97 Å². The van der Waals surface area contributed by atoms with Gasteiger partial charge in [-0.2, -0.15) is 5.26 Å². The lowest BCUT2D eigenvalue weighted by Crippen LogP contribution is -2.46. The Labute approximate surface area is 95.3 Å². The first kappa shape index (κ1) is 10.8. The SMILES string of the molecule is CCN1CCN(c2ncc(C#N)cn2)CC1. The molecule has 1 aliphatic rings. The van der Waals surface area contributed by atoms with Crippen molar-refractivity contribution in [1.82, 2.24) is 14.9 Å². The monoisotopic (exact) mass is 217 g/mol. The van der Waals surface area contributed by atoms with Gasteiger partial charge < -0.3 is 9.80 Å². The predicted molar refractivity (Wildman–Crippen MR) is 61.1 cm³/mol. The molecule has 16 heavy (non-hydrogen) atoms. The van der Waals surface area contributed by atoms with Crippen LogP contribution in [-0.4, -0.2) is 47.6 Å². The van der Waals surface area contributed by atoms with E-state index in [0.717, 1.165) is 38.7 Å². The van der Waals surface area contributed by atoms with Crippen molar-refractivity contribution in [3.05, 3.63) is 18.0 Å². The number of piperazine rings is 1. The third-order valence-electron chi connectivity index (χ3n) is 2.87. The lowest BCUT2D eigenvalue weighted by Gasteiger charge is -2.33. The van der Waals surface area contributed by atoms with Gasteiger partial charge in [0.05, 0.1) is 18.0 Å². The van der Waals surface area contributed by atoms with Crippen molar-refractivity contribution in [3.8, 4) is 6.07 Å². The molecule has 1 saturated heterocycles. The van der Waals surface area contributed by atoms with E-state index >= 15 is 0 Å². The van der Waals surface area contributed by atoms with Crippen LogP contribution in [0.4, 0.5) is 5.95 Å². The second-order valence-corrected chi connectivity index (χ2v) is 3.80. The molecule has 0 unspecified atom stereocenters.